The van der Waals surface area contributed by atoms with Crippen LogP contribution in [0.5, 0.6) is 11.5 Å². The van der Waals surface area contributed by atoms with Gasteiger partial charge in [-0.05, 0) is 57.8 Å². The van der Waals surface area contributed by atoms with Crippen molar-refractivity contribution >= 4 is 23.5 Å². The van der Waals surface area contributed by atoms with E-state index in [-0.39, 0.29) is 21.7 Å². The van der Waals surface area contributed by atoms with Crippen LogP contribution in [0.3, 0.4) is 0 Å². The van der Waals surface area contributed by atoms with Gasteiger partial charge in [0.15, 0.2) is 0 Å². The zero-order valence-electron chi connectivity index (χ0n) is 26.0. The molecule has 0 spiro atoms. The quantitative estimate of drug-likeness (QED) is 0.393. The third kappa shape index (κ3) is 7.27. The topological polar surface area (TPSA) is 40.5 Å². The van der Waals surface area contributed by atoms with Gasteiger partial charge in [0, 0.05) is 21.6 Å². The van der Waals surface area contributed by atoms with Crippen LogP contribution >= 0.6 is 23.5 Å². The molecule has 2 aromatic rings. The highest BCUT2D eigenvalue weighted by molar-refractivity contribution is 8.04. The van der Waals surface area contributed by atoms with Crippen molar-refractivity contribution < 1.29 is 10.2 Å². The van der Waals surface area contributed by atoms with Gasteiger partial charge in [-0.15, -0.1) is 23.5 Å². The summed E-state index contributed by atoms with van der Waals surface area (Å²) < 4.78 is 0. The van der Waals surface area contributed by atoms with Crippen LogP contribution in [0.2, 0.25) is 0 Å². The first-order chi connectivity index (χ1) is 17.2. The largest absolute Gasteiger partial charge is 0.506 e. The van der Waals surface area contributed by atoms with Gasteiger partial charge in [-0.2, -0.15) is 0 Å². The molecule has 3 rings (SSSR count). The van der Waals surface area contributed by atoms with Crippen molar-refractivity contribution in [2.45, 2.75) is 151 Å². The van der Waals surface area contributed by atoms with Gasteiger partial charge < -0.3 is 10.2 Å². The van der Waals surface area contributed by atoms with E-state index in [1.165, 1.54) is 24.0 Å². The number of hydrogen-bond donors (Lipinski definition) is 2. The lowest BCUT2D eigenvalue weighted by molar-refractivity contribution is 0.430. The standard InChI is InChI=1S/C34H52O2S2/c1-31(2,3)21-17-23(33(7,8)9)29(35)27(19-21)37-25-15-13-14-16-26(25)38-28-20-22(32(4,5)6)18-24(30(28)36)34(10,11)12/h17-20,25-26,35-36H,13-16H2,1-12H3. The Balaban J connectivity index is 2.03. The first-order valence-electron chi connectivity index (χ1n) is 14.3. The van der Waals surface area contributed by atoms with Crippen LogP contribution in [0.1, 0.15) is 131 Å². The fourth-order valence-electron chi connectivity index (χ4n) is 5.06. The molecule has 2 aromatic carbocycles. The van der Waals surface area contributed by atoms with Crippen molar-refractivity contribution in [3.8, 4) is 11.5 Å². The molecule has 0 heterocycles. The lowest BCUT2D eigenvalue weighted by atomic mass is 9.80. The molecule has 2 atom stereocenters. The Kier molecular flexibility index (Phi) is 9.02. The molecule has 0 amide bonds. The molecule has 0 aliphatic heterocycles. The minimum atomic E-state index is -0.135. The molecule has 1 aliphatic rings. The fraction of sp³-hybridized carbons (Fsp3) is 0.647. The minimum absolute atomic E-state index is 0.00622. The van der Waals surface area contributed by atoms with Crippen LogP contribution in [0.4, 0.5) is 0 Å². The third-order valence-electron chi connectivity index (χ3n) is 7.70. The molecular weight excluding hydrogens is 505 g/mol. The average molecular weight is 557 g/mol. The van der Waals surface area contributed by atoms with Gasteiger partial charge in [-0.1, -0.05) is 108 Å². The molecule has 0 radical (unpaired) electrons. The highest BCUT2D eigenvalue weighted by atomic mass is 32.2. The van der Waals surface area contributed by atoms with Crippen molar-refractivity contribution in [2.24, 2.45) is 0 Å². The van der Waals surface area contributed by atoms with E-state index in [1.54, 1.807) is 0 Å². The molecule has 1 fully saturated rings. The molecule has 2 unspecified atom stereocenters. The summed E-state index contributed by atoms with van der Waals surface area (Å²) in [6, 6.07) is 8.86. The predicted octanol–water partition coefficient (Wildman–Crippen LogP) is 10.5. The van der Waals surface area contributed by atoms with E-state index in [2.05, 4.69) is 107 Å². The normalized spacial score (nSPS) is 19.6. The molecule has 4 heteroatoms. The predicted molar refractivity (Wildman–Crippen MR) is 169 cm³/mol. The highest BCUT2D eigenvalue weighted by Gasteiger charge is 2.33. The Labute approximate surface area is 241 Å². The molecule has 0 aromatic heterocycles. The highest BCUT2D eigenvalue weighted by Crippen LogP contribution is 2.50. The second-order valence-corrected chi connectivity index (χ2v) is 17.9. The molecule has 2 nitrogen and oxygen atoms in total. The zero-order chi connectivity index (χ0) is 28.8. The summed E-state index contributed by atoms with van der Waals surface area (Å²) >= 11 is 3.70. The summed E-state index contributed by atoms with van der Waals surface area (Å²) in [7, 11) is 0. The first-order valence-corrected chi connectivity index (χ1v) is 16.0. The van der Waals surface area contributed by atoms with Gasteiger partial charge in [0.1, 0.15) is 11.5 Å². The molecule has 2 N–H and O–H groups in total. The molecular formula is C34H52O2S2. The molecule has 0 bridgehead atoms. The van der Waals surface area contributed by atoms with Gasteiger partial charge in [0.2, 0.25) is 0 Å². The molecule has 1 aliphatic carbocycles. The number of aromatic hydroxyl groups is 2. The number of thioether (sulfide) groups is 2. The summed E-state index contributed by atoms with van der Waals surface area (Å²) in [6.45, 7) is 26.6. The van der Waals surface area contributed by atoms with E-state index in [0.29, 0.717) is 22.0 Å². The molecule has 1 saturated carbocycles. The van der Waals surface area contributed by atoms with Gasteiger partial charge in [0.05, 0.1) is 9.79 Å². The van der Waals surface area contributed by atoms with Crippen LogP contribution in [0.25, 0.3) is 0 Å². The monoisotopic (exact) mass is 556 g/mol. The van der Waals surface area contributed by atoms with E-state index < -0.39 is 0 Å². The SMILES string of the molecule is CC(C)(C)c1cc(SC2CCCCC2Sc2cc(C(C)(C)C)cc(C(C)(C)C)c2O)c(O)c(C(C)(C)C)c1. The zero-order valence-corrected chi connectivity index (χ0v) is 27.6. The van der Waals surface area contributed by atoms with Crippen LogP contribution < -0.4 is 0 Å². The number of phenols is 2. The Morgan fingerprint density at radius 2 is 0.842 bits per heavy atom. The first kappa shape index (κ1) is 31.3. The summed E-state index contributed by atoms with van der Waals surface area (Å²) in [5, 5.41) is 23.6. The van der Waals surface area contributed by atoms with Crippen molar-refractivity contribution in [1.29, 1.82) is 0 Å². The fourth-order valence-corrected chi connectivity index (χ4v) is 8.03. The minimum Gasteiger partial charge on any atom is -0.506 e. The van der Waals surface area contributed by atoms with Crippen molar-refractivity contribution in [1.82, 2.24) is 0 Å². The summed E-state index contributed by atoms with van der Waals surface area (Å²) in [6.07, 6.45) is 4.67. The number of rotatable bonds is 4. The molecule has 0 saturated heterocycles. The summed E-state index contributed by atoms with van der Waals surface area (Å²) in [5.41, 5.74) is 4.34. The second kappa shape index (κ2) is 11.0. The van der Waals surface area contributed by atoms with Gasteiger partial charge in [0.25, 0.3) is 0 Å². The van der Waals surface area contributed by atoms with E-state index in [9.17, 15) is 10.2 Å². The third-order valence-corrected chi connectivity index (χ3v) is 10.7. The van der Waals surface area contributed by atoms with Crippen LogP contribution in [0.15, 0.2) is 34.1 Å². The van der Waals surface area contributed by atoms with Crippen LogP contribution in [-0.2, 0) is 21.7 Å². The number of benzene rings is 2. The number of hydrogen-bond acceptors (Lipinski definition) is 4. The van der Waals surface area contributed by atoms with E-state index in [0.717, 1.165) is 33.8 Å². The van der Waals surface area contributed by atoms with Crippen molar-refractivity contribution in [3.63, 3.8) is 0 Å². The van der Waals surface area contributed by atoms with Crippen molar-refractivity contribution in [3.05, 3.63) is 46.5 Å². The van der Waals surface area contributed by atoms with Crippen LogP contribution in [0, 0.1) is 0 Å². The number of phenolic OH excluding ortho intramolecular Hbond substituents is 2. The van der Waals surface area contributed by atoms with Crippen LogP contribution in [-0.4, -0.2) is 20.7 Å². The average Bonchev–Trinajstić information content (AvgIpc) is 2.74. The maximum absolute atomic E-state index is 11.4. The second-order valence-electron chi connectivity index (χ2n) is 15.3. The van der Waals surface area contributed by atoms with Gasteiger partial charge >= 0.3 is 0 Å². The summed E-state index contributed by atoms with van der Waals surface area (Å²) in [5.74, 6) is 0.884. The van der Waals surface area contributed by atoms with Crippen molar-refractivity contribution in [2.75, 3.05) is 0 Å². The Hall–Kier alpha value is -1.26. The van der Waals surface area contributed by atoms with Gasteiger partial charge in [-0.25, -0.2) is 0 Å². The van der Waals surface area contributed by atoms with E-state index >= 15 is 0 Å². The smallest absolute Gasteiger partial charge is 0.132 e. The van der Waals surface area contributed by atoms with E-state index in [1.807, 2.05) is 23.5 Å². The molecule has 212 valence electrons. The van der Waals surface area contributed by atoms with Gasteiger partial charge in [-0.3, -0.25) is 0 Å². The lowest BCUT2D eigenvalue weighted by Crippen LogP contribution is -2.25. The Bertz CT molecular complexity index is 1050. The maximum Gasteiger partial charge on any atom is 0.132 e. The lowest BCUT2D eigenvalue weighted by Gasteiger charge is -2.33. The van der Waals surface area contributed by atoms with E-state index in [4.69, 9.17) is 0 Å². The Morgan fingerprint density at radius 1 is 0.526 bits per heavy atom. The molecule has 38 heavy (non-hydrogen) atoms. The maximum atomic E-state index is 11.4. The summed E-state index contributed by atoms with van der Waals surface area (Å²) in [4.78, 5) is 2.01. The Morgan fingerprint density at radius 3 is 1.11 bits per heavy atom.